The van der Waals surface area contributed by atoms with Crippen LogP contribution >= 0.6 is 12.2 Å². The molecule has 0 aliphatic rings. The Labute approximate surface area is 263 Å². The first kappa shape index (κ1) is 40.3. The van der Waals surface area contributed by atoms with Crippen LogP contribution in [0, 0.1) is 23.7 Å². The number of ether oxygens (including phenoxy) is 1. The van der Waals surface area contributed by atoms with Crippen molar-refractivity contribution in [2.75, 3.05) is 39.4 Å². The van der Waals surface area contributed by atoms with Crippen molar-refractivity contribution >= 4 is 23.1 Å². The van der Waals surface area contributed by atoms with Crippen LogP contribution in [0.3, 0.4) is 0 Å². The standard InChI is InChI=1S/C36H72N2O2S/c1-9-17-21-31(13-5)25-37(26-32(14-6)22-18-10-2)35(39)29-40-30-36(41)38(27-33(15-7)23-19-11-3)28-34(16-8)24-20-12-4/h31-34H,9-30H2,1-8H3. The van der Waals surface area contributed by atoms with Crippen molar-refractivity contribution in [1.82, 2.24) is 9.80 Å². The summed E-state index contributed by atoms with van der Waals surface area (Å²) >= 11 is 6.00. The highest BCUT2D eigenvalue weighted by Crippen LogP contribution is 2.21. The SMILES string of the molecule is CCCCC(CC)CN(CC(CC)CCCC)C(=O)COCC(=S)N(CC(CC)CCCC)CC(CC)CCCC. The second kappa shape index (κ2) is 26.9. The lowest BCUT2D eigenvalue weighted by atomic mass is 9.95. The van der Waals surface area contributed by atoms with Crippen LogP contribution in [0.1, 0.15) is 158 Å². The Kier molecular flexibility index (Phi) is 26.5. The third kappa shape index (κ3) is 19.3. The van der Waals surface area contributed by atoms with Gasteiger partial charge in [0.15, 0.2) is 0 Å². The smallest absolute Gasteiger partial charge is 0.248 e. The molecule has 0 bridgehead atoms. The number of amides is 1. The van der Waals surface area contributed by atoms with Crippen molar-refractivity contribution in [3.8, 4) is 0 Å². The molecule has 0 spiro atoms. The molecular weight excluding hydrogens is 524 g/mol. The molecular formula is C36H72N2O2S. The number of hydrogen-bond donors (Lipinski definition) is 0. The molecule has 0 saturated carbocycles. The van der Waals surface area contributed by atoms with E-state index in [1.165, 1.54) is 89.9 Å². The van der Waals surface area contributed by atoms with Crippen molar-refractivity contribution in [3.63, 3.8) is 0 Å². The van der Waals surface area contributed by atoms with E-state index in [0.717, 1.165) is 44.0 Å². The number of unbranched alkanes of at least 4 members (excludes halogenated alkanes) is 4. The Morgan fingerprint density at radius 1 is 0.537 bits per heavy atom. The minimum atomic E-state index is 0.141. The molecule has 4 unspecified atom stereocenters. The van der Waals surface area contributed by atoms with Crippen LogP contribution in [0.2, 0.25) is 0 Å². The van der Waals surface area contributed by atoms with Crippen molar-refractivity contribution in [2.45, 2.75) is 158 Å². The normalized spacial score (nSPS) is 14.4. The van der Waals surface area contributed by atoms with E-state index in [0.29, 0.717) is 30.3 Å². The highest BCUT2D eigenvalue weighted by Gasteiger charge is 2.23. The first-order valence-electron chi connectivity index (χ1n) is 18.0. The van der Waals surface area contributed by atoms with E-state index in [2.05, 4.69) is 65.2 Å². The topological polar surface area (TPSA) is 32.8 Å². The number of hydrogen-bond acceptors (Lipinski definition) is 3. The van der Waals surface area contributed by atoms with E-state index in [4.69, 9.17) is 17.0 Å². The number of carbonyl (C=O) groups is 1. The van der Waals surface area contributed by atoms with Crippen LogP contribution < -0.4 is 0 Å². The maximum absolute atomic E-state index is 13.6. The second-order valence-corrected chi connectivity index (χ2v) is 13.2. The molecule has 0 N–H and O–H groups in total. The van der Waals surface area contributed by atoms with Gasteiger partial charge in [-0.25, -0.2) is 0 Å². The van der Waals surface area contributed by atoms with Crippen molar-refractivity contribution < 1.29 is 9.53 Å². The fourth-order valence-electron chi connectivity index (χ4n) is 5.88. The van der Waals surface area contributed by atoms with E-state index in [-0.39, 0.29) is 12.5 Å². The first-order valence-corrected chi connectivity index (χ1v) is 18.4. The van der Waals surface area contributed by atoms with Gasteiger partial charge in [0, 0.05) is 26.2 Å². The van der Waals surface area contributed by atoms with E-state index in [1.54, 1.807) is 0 Å². The summed E-state index contributed by atoms with van der Waals surface area (Å²) in [5.74, 6) is 2.62. The van der Waals surface area contributed by atoms with Crippen LogP contribution in [-0.2, 0) is 9.53 Å². The zero-order valence-corrected chi connectivity index (χ0v) is 29.8. The molecule has 0 rings (SSSR count). The largest absolute Gasteiger partial charge is 0.365 e. The van der Waals surface area contributed by atoms with Crippen LogP contribution in [0.4, 0.5) is 0 Å². The lowest BCUT2D eigenvalue weighted by Gasteiger charge is -2.33. The lowest BCUT2D eigenvalue weighted by molar-refractivity contribution is -0.137. The lowest BCUT2D eigenvalue weighted by Crippen LogP contribution is -2.42. The molecule has 4 atom stereocenters. The molecule has 0 aromatic carbocycles. The minimum Gasteiger partial charge on any atom is -0.365 e. The number of thiocarbonyl (C=S) groups is 1. The summed E-state index contributed by atoms with van der Waals surface area (Å²) in [7, 11) is 0. The molecule has 41 heavy (non-hydrogen) atoms. The number of rotatable bonds is 28. The van der Waals surface area contributed by atoms with Crippen LogP contribution in [0.15, 0.2) is 0 Å². The maximum Gasteiger partial charge on any atom is 0.248 e. The molecule has 4 nitrogen and oxygen atoms in total. The summed E-state index contributed by atoms with van der Waals surface area (Å²) in [5.41, 5.74) is 0. The van der Waals surface area contributed by atoms with Crippen molar-refractivity contribution in [2.24, 2.45) is 23.7 Å². The summed E-state index contributed by atoms with van der Waals surface area (Å²) in [6.45, 7) is 22.5. The molecule has 0 aromatic rings. The number of carbonyl (C=O) groups excluding carboxylic acids is 1. The monoisotopic (exact) mass is 597 g/mol. The second-order valence-electron chi connectivity index (χ2n) is 12.8. The van der Waals surface area contributed by atoms with Crippen LogP contribution in [0.25, 0.3) is 0 Å². The average Bonchev–Trinajstić information content (AvgIpc) is 2.99. The van der Waals surface area contributed by atoms with E-state index < -0.39 is 0 Å². The zero-order chi connectivity index (χ0) is 30.9. The quantitative estimate of drug-likeness (QED) is 0.0841. The van der Waals surface area contributed by atoms with Crippen molar-refractivity contribution in [1.29, 1.82) is 0 Å². The molecule has 0 fully saturated rings. The molecule has 5 heteroatoms. The average molecular weight is 597 g/mol. The van der Waals surface area contributed by atoms with Gasteiger partial charge < -0.3 is 14.5 Å². The Morgan fingerprint density at radius 2 is 0.854 bits per heavy atom. The van der Waals surface area contributed by atoms with Gasteiger partial charge in [0.05, 0.1) is 6.61 Å². The molecule has 0 heterocycles. The Morgan fingerprint density at radius 3 is 1.15 bits per heavy atom. The fourth-order valence-corrected chi connectivity index (χ4v) is 6.11. The Hall–Kier alpha value is -0.680. The van der Waals surface area contributed by atoms with Gasteiger partial charge >= 0.3 is 0 Å². The third-order valence-corrected chi connectivity index (χ3v) is 9.62. The van der Waals surface area contributed by atoms with E-state index in [1.807, 2.05) is 0 Å². The predicted octanol–water partition coefficient (Wildman–Crippen LogP) is 10.3. The van der Waals surface area contributed by atoms with Crippen molar-refractivity contribution in [3.05, 3.63) is 0 Å². The summed E-state index contributed by atoms with van der Waals surface area (Å²) in [5, 5.41) is 0. The van der Waals surface area contributed by atoms with Gasteiger partial charge in [-0.3, -0.25) is 4.79 Å². The predicted molar refractivity (Wildman–Crippen MR) is 185 cm³/mol. The van der Waals surface area contributed by atoms with Gasteiger partial charge in [0.25, 0.3) is 0 Å². The first-order chi connectivity index (χ1) is 19.8. The summed E-state index contributed by atoms with van der Waals surface area (Å²) in [6, 6.07) is 0. The van der Waals surface area contributed by atoms with Crippen LogP contribution in [0.5, 0.6) is 0 Å². The molecule has 1 amide bonds. The van der Waals surface area contributed by atoms with Gasteiger partial charge in [-0.1, -0.05) is 145 Å². The number of nitrogens with zero attached hydrogens (tertiary/aromatic N) is 2. The Balaban J connectivity index is 5.42. The molecule has 0 aromatic heterocycles. The van der Waals surface area contributed by atoms with E-state index in [9.17, 15) is 4.79 Å². The minimum absolute atomic E-state index is 0.141. The van der Waals surface area contributed by atoms with Gasteiger partial charge in [-0.05, 0) is 49.4 Å². The highest BCUT2D eigenvalue weighted by molar-refractivity contribution is 7.80. The summed E-state index contributed by atoms with van der Waals surface area (Å²) in [4.78, 5) is 19.0. The Bertz CT molecular complexity index is 541. The van der Waals surface area contributed by atoms with Gasteiger partial charge in [0.2, 0.25) is 5.91 Å². The van der Waals surface area contributed by atoms with Crippen LogP contribution in [-0.4, -0.2) is 60.1 Å². The van der Waals surface area contributed by atoms with Gasteiger partial charge in [0.1, 0.15) is 11.6 Å². The maximum atomic E-state index is 13.6. The highest BCUT2D eigenvalue weighted by atomic mass is 32.1. The summed E-state index contributed by atoms with van der Waals surface area (Å²) in [6.07, 6.45) is 19.5. The van der Waals surface area contributed by atoms with Gasteiger partial charge in [-0.2, -0.15) is 0 Å². The molecule has 0 radical (unpaired) electrons. The fraction of sp³-hybridized carbons (Fsp3) is 0.944. The molecule has 0 saturated heterocycles. The zero-order valence-electron chi connectivity index (χ0n) is 29.0. The third-order valence-electron chi connectivity index (χ3n) is 9.24. The molecule has 244 valence electrons. The molecule has 0 aliphatic carbocycles. The summed E-state index contributed by atoms with van der Waals surface area (Å²) < 4.78 is 6.13. The van der Waals surface area contributed by atoms with E-state index >= 15 is 0 Å². The molecule has 0 aliphatic heterocycles. The van der Waals surface area contributed by atoms with Gasteiger partial charge in [-0.15, -0.1) is 0 Å².